The Hall–Kier alpha value is -4.24. The van der Waals surface area contributed by atoms with Gasteiger partial charge in [0, 0.05) is 35.8 Å². The minimum atomic E-state index is 0.0661. The molecule has 4 aliphatic heterocycles. The molecule has 0 bridgehead atoms. The van der Waals surface area contributed by atoms with E-state index in [0.717, 1.165) is 25.9 Å². The fourth-order valence-corrected chi connectivity index (χ4v) is 8.50. The van der Waals surface area contributed by atoms with Crippen LogP contribution in [0.2, 0.25) is 0 Å². The molecule has 4 heterocycles. The lowest BCUT2D eigenvalue weighted by Crippen LogP contribution is -2.63. The first kappa shape index (κ1) is 25.3. The van der Waals surface area contributed by atoms with Crippen LogP contribution in [-0.4, -0.2) is 19.8 Å². The summed E-state index contributed by atoms with van der Waals surface area (Å²) in [6.45, 7) is 9.52. The van der Waals surface area contributed by atoms with Crippen LogP contribution >= 0.6 is 0 Å². The third-order valence-corrected chi connectivity index (χ3v) is 10.4. The van der Waals surface area contributed by atoms with Crippen molar-refractivity contribution in [1.29, 1.82) is 0 Å². The Kier molecular flexibility index (Phi) is 5.37. The molecular weight excluding hydrogens is 519 g/mol. The average Bonchev–Trinajstić information content (AvgIpc) is 3.04. The van der Waals surface area contributed by atoms with Gasteiger partial charge in [0.25, 0.3) is 6.71 Å². The number of rotatable bonds is 2. The van der Waals surface area contributed by atoms with Gasteiger partial charge in [0.1, 0.15) is 0 Å². The van der Waals surface area contributed by atoms with E-state index in [9.17, 15) is 0 Å². The minimum Gasteiger partial charge on any atom is -0.342 e. The number of hydrogen-bond acceptors (Lipinski definition) is 2. The van der Waals surface area contributed by atoms with Gasteiger partial charge in [0.15, 0.2) is 0 Å². The largest absolute Gasteiger partial charge is 0.342 e. The molecule has 0 radical (unpaired) electrons. The molecule has 43 heavy (non-hydrogen) atoms. The van der Waals surface area contributed by atoms with Crippen molar-refractivity contribution < 1.29 is 0 Å². The van der Waals surface area contributed by atoms with Crippen molar-refractivity contribution in [3.8, 4) is 22.3 Å². The first-order valence-corrected chi connectivity index (χ1v) is 16.1. The Morgan fingerprint density at radius 2 is 1.05 bits per heavy atom. The van der Waals surface area contributed by atoms with Crippen LogP contribution in [0.5, 0.6) is 0 Å². The highest BCUT2D eigenvalue weighted by Gasteiger charge is 2.46. The first-order valence-electron chi connectivity index (χ1n) is 16.1. The van der Waals surface area contributed by atoms with Gasteiger partial charge < -0.3 is 9.80 Å². The van der Waals surface area contributed by atoms with Crippen molar-refractivity contribution in [3.05, 3.63) is 114 Å². The van der Waals surface area contributed by atoms with Gasteiger partial charge in [-0.2, -0.15) is 0 Å². The summed E-state index contributed by atoms with van der Waals surface area (Å²) >= 11 is 0. The van der Waals surface area contributed by atoms with Gasteiger partial charge in [-0.1, -0.05) is 106 Å². The summed E-state index contributed by atoms with van der Waals surface area (Å²) in [6, 6.07) is 37.0. The molecule has 9 rings (SSSR count). The third kappa shape index (κ3) is 3.60. The van der Waals surface area contributed by atoms with Crippen molar-refractivity contribution >= 4 is 45.9 Å². The van der Waals surface area contributed by atoms with Crippen LogP contribution in [0.3, 0.4) is 0 Å². The second kappa shape index (κ2) is 9.13. The van der Waals surface area contributed by atoms with Gasteiger partial charge >= 0.3 is 0 Å². The predicted molar refractivity (Wildman–Crippen MR) is 184 cm³/mol. The zero-order valence-electron chi connectivity index (χ0n) is 25.5. The molecule has 0 aliphatic carbocycles. The van der Waals surface area contributed by atoms with E-state index in [2.05, 4.69) is 128 Å². The number of hydrogen-bond donors (Lipinski definition) is 0. The van der Waals surface area contributed by atoms with E-state index in [1.807, 2.05) is 0 Å². The highest BCUT2D eigenvalue weighted by atomic mass is 15.2. The van der Waals surface area contributed by atoms with E-state index in [1.54, 1.807) is 0 Å². The molecular formula is C40H37BN2. The SMILES string of the molecule is CC(C)(C)c1cc2c3c(c1)N1CCCc4c(-c5ccccc5)ccc(c41)B3c1ccc(-c3ccccc3)c3c1N2CCC3. The Morgan fingerprint density at radius 3 is 1.49 bits per heavy atom. The highest BCUT2D eigenvalue weighted by Crippen LogP contribution is 2.47. The van der Waals surface area contributed by atoms with E-state index in [1.165, 1.54) is 90.9 Å². The molecule has 5 aromatic rings. The van der Waals surface area contributed by atoms with Crippen LogP contribution < -0.4 is 26.2 Å². The maximum absolute atomic E-state index is 2.71. The Labute approximate surface area is 256 Å². The second-order valence-corrected chi connectivity index (χ2v) is 13.9. The van der Waals surface area contributed by atoms with Crippen molar-refractivity contribution in [1.82, 2.24) is 0 Å². The molecule has 0 unspecified atom stereocenters. The lowest BCUT2D eigenvalue weighted by atomic mass is 9.32. The van der Waals surface area contributed by atoms with E-state index in [-0.39, 0.29) is 12.1 Å². The molecule has 4 aliphatic rings. The molecule has 3 heteroatoms. The van der Waals surface area contributed by atoms with Gasteiger partial charge in [0.05, 0.1) is 0 Å². The molecule has 0 aromatic heterocycles. The number of benzene rings is 5. The summed E-state index contributed by atoms with van der Waals surface area (Å²) in [6.07, 6.45) is 4.63. The maximum Gasteiger partial charge on any atom is 0.252 e. The maximum atomic E-state index is 2.71. The molecule has 5 aromatic carbocycles. The lowest BCUT2D eigenvalue weighted by molar-refractivity contribution is 0.590. The predicted octanol–water partition coefficient (Wildman–Crippen LogP) is 7.63. The smallest absolute Gasteiger partial charge is 0.252 e. The van der Waals surface area contributed by atoms with E-state index >= 15 is 0 Å². The summed E-state index contributed by atoms with van der Waals surface area (Å²) in [5, 5.41) is 0. The van der Waals surface area contributed by atoms with Crippen molar-refractivity contribution in [2.45, 2.75) is 51.9 Å². The lowest BCUT2D eigenvalue weighted by Gasteiger charge is -2.48. The number of fused-ring (bicyclic) bond motifs is 4. The first-order chi connectivity index (χ1) is 21.0. The molecule has 0 N–H and O–H groups in total. The topological polar surface area (TPSA) is 6.48 Å². The Bertz CT molecular complexity index is 1790. The molecule has 2 nitrogen and oxygen atoms in total. The van der Waals surface area contributed by atoms with E-state index < -0.39 is 0 Å². The van der Waals surface area contributed by atoms with Crippen molar-refractivity contribution in [2.24, 2.45) is 0 Å². The Morgan fingerprint density at radius 1 is 0.581 bits per heavy atom. The van der Waals surface area contributed by atoms with E-state index in [0.29, 0.717) is 0 Å². The van der Waals surface area contributed by atoms with Crippen LogP contribution in [0.25, 0.3) is 22.3 Å². The average molecular weight is 557 g/mol. The van der Waals surface area contributed by atoms with Gasteiger partial charge in [0.2, 0.25) is 0 Å². The fraction of sp³-hybridized carbons (Fsp3) is 0.250. The van der Waals surface area contributed by atoms with Gasteiger partial charge in [-0.25, -0.2) is 0 Å². The van der Waals surface area contributed by atoms with Crippen LogP contribution in [0.15, 0.2) is 97.1 Å². The number of nitrogens with zero attached hydrogens (tertiary/aromatic N) is 2. The molecule has 0 saturated carbocycles. The van der Waals surface area contributed by atoms with Crippen LogP contribution in [-0.2, 0) is 18.3 Å². The quantitative estimate of drug-likeness (QED) is 0.206. The molecule has 0 fully saturated rings. The normalized spacial score (nSPS) is 16.0. The standard InChI is InChI=1S/C40H37BN2/c1-40(2,3)28-24-35-37-36(25-28)43-23-11-17-32-30(27-14-8-5-9-15-27)19-21-34(39(32)43)41(37)33-20-18-29(26-12-6-4-7-13-26)31-16-10-22-42(35)38(31)33/h4-9,12-15,18-21,24-25H,10-11,16-17,22-23H2,1-3H3. The zero-order valence-corrected chi connectivity index (χ0v) is 25.5. The van der Waals surface area contributed by atoms with Crippen LogP contribution in [0, 0.1) is 0 Å². The van der Waals surface area contributed by atoms with E-state index in [4.69, 9.17) is 0 Å². The van der Waals surface area contributed by atoms with Gasteiger partial charge in [-0.05, 0) is 98.6 Å². The minimum absolute atomic E-state index is 0.0661. The van der Waals surface area contributed by atoms with Crippen molar-refractivity contribution in [2.75, 3.05) is 22.9 Å². The summed E-state index contributed by atoms with van der Waals surface area (Å²) in [5.74, 6) is 0. The van der Waals surface area contributed by atoms with Gasteiger partial charge in [-0.3, -0.25) is 0 Å². The Balaban J connectivity index is 1.36. The highest BCUT2D eigenvalue weighted by molar-refractivity contribution is 7.00. The van der Waals surface area contributed by atoms with Crippen LogP contribution in [0.1, 0.15) is 50.3 Å². The molecule has 210 valence electrons. The molecule has 0 atom stereocenters. The summed E-state index contributed by atoms with van der Waals surface area (Å²) in [4.78, 5) is 5.42. The van der Waals surface area contributed by atoms with Gasteiger partial charge in [-0.15, -0.1) is 0 Å². The summed E-state index contributed by atoms with van der Waals surface area (Å²) in [5.41, 5.74) is 20.4. The zero-order chi connectivity index (χ0) is 28.9. The number of anilines is 4. The molecule has 0 amide bonds. The summed E-state index contributed by atoms with van der Waals surface area (Å²) < 4.78 is 0. The second-order valence-electron chi connectivity index (χ2n) is 13.9. The summed E-state index contributed by atoms with van der Waals surface area (Å²) in [7, 11) is 0. The fourth-order valence-electron chi connectivity index (χ4n) is 8.50. The third-order valence-electron chi connectivity index (χ3n) is 10.4. The van der Waals surface area contributed by atoms with Crippen LogP contribution in [0.4, 0.5) is 22.7 Å². The van der Waals surface area contributed by atoms with Crippen molar-refractivity contribution in [3.63, 3.8) is 0 Å². The monoisotopic (exact) mass is 556 g/mol. The molecule has 0 spiro atoms. The molecule has 0 saturated heterocycles.